The second-order valence-electron chi connectivity index (χ2n) is 5.86. The zero-order chi connectivity index (χ0) is 20.1. The molecule has 1 N–H and O–H groups in total. The SMILES string of the molecule is Cc1cc(OCc2nnc(SCC(=O)Nc3ccc(Cl)cn3)n2C)ccc1Cl. The Morgan fingerprint density at radius 3 is 2.79 bits per heavy atom. The number of ether oxygens (including phenoxy) is 1. The van der Waals surface area contributed by atoms with Crippen LogP contribution < -0.4 is 10.1 Å². The number of pyridine rings is 1. The van der Waals surface area contributed by atoms with Crippen molar-refractivity contribution < 1.29 is 9.53 Å². The number of nitrogens with zero attached hydrogens (tertiary/aromatic N) is 4. The third kappa shape index (κ3) is 5.37. The first-order valence-electron chi connectivity index (χ1n) is 8.24. The molecule has 0 aliphatic rings. The lowest BCUT2D eigenvalue weighted by Crippen LogP contribution is -2.15. The highest BCUT2D eigenvalue weighted by molar-refractivity contribution is 7.99. The van der Waals surface area contributed by atoms with Crippen LogP contribution in [0, 0.1) is 6.92 Å². The van der Waals surface area contributed by atoms with Gasteiger partial charge in [-0.2, -0.15) is 0 Å². The highest BCUT2D eigenvalue weighted by Crippen LogP contribution is 2.22. The first-order chi connectivity index (χ1) is 13.4. The van der Waals surface area contributed by atoms with Gasteiger partial charge in [0.05, 0.1) is 10.8 Å². The molecule has 0 spiro atoms. The van der Waals surface area contributed by atoms with Gasteiger partial charge in [0.2, 0.25) is 5.91 Å². The average Bonchev–Trinajstić information content (AvgIpc) is 3.03. The molecule has 0 aliphatic heterocycles. The molecule has 0 radical (unpaired) electrons. The Balaban J connectivity index is 1.53. The summed E-state index contributed by atoms with van der Waals surface area (Å²) in [5.41, 5.74) is 0.939. The maximum absolute atomic E-state index is 12.1. The zero-order valence-corrected chi connectivity index (χ0v) is 17.5. The van der Waals surface area contributed by atoms with Crippen LogP contribution in [0.3, 0.4) is 0 Å². The number of hydrogen-bond acceptors (Lipinski definition) is 6. The van der Waals surface area contributed by atoms with Crippen LogP contribution in [0.25, 0.3) is 0 Å². The number of hydrogen-bond donors (Lipinski definition) is 1. The molecule has 0 aliphatic carbocycles. The molecule has 3 rings (SSSR count). The first-order valence-corrected chi connectivity index (χ1v) is 9.98. The highest BCUT2D eigenvalue weighted by Gasteiger charge is 2.12. The van der Waals surface area contributed by atoms with E-state index in [1.807, 2.05) is 20.0 Å². The maximum atomic E-state index is 12.1. The van der Waals surface area contributed by atoms with Gasteiger partial charge in [-0.05, 0) is 42.8 Å². The molecule has 2 aromatic heterocycles. The van der Waals surface area contributed by atoms with Crippen molar-refractivity contribution in [1.29, 1.82) is 0 Å². The fraction of sp³-hybridized carbons (Fsp3) is 0.222. The molecule has 0 fully saturated rings. The van der Waals surface area contributed by atoms with Crippen molar-refractivity contribution in [3.63, 3.8) is 0 Å². The van der Waals surface area contributed by atoms with Crippen LogP contribution in [0.2, 0.25) is 10.0 Å². The molecule has 10 heteroatoms. The van der Waals surface area contributed by atoms with Crippen LogP contribution in [0.5, 0.6) is 5.75 Å². The van der Waals surface area contributed by atoms with E-state index in [9.17, 15) is 4.79 Å². The fourth-order valence-electron chi connectivity index (χ4n) is 2.21. The number of nitrogens with one attached hydrogen (secondary N) is 1. The lowest BCUT2D eigenvalue weighted by molar-refractivity contribution is -0.113. The summed E-state index contributed by atoms with van der Waals surface area (Å²) >= 11 is 13.1. The summed E-state index contributed by atoms with van der Waals surface area (Å²) in [6.45, 7) is 2.17. The number of halogens is 2. The summed E-state index contributed by atoms with van der Waals surface area (Å²) in [5.74, 6) is 1.77. The predicted molar refractivity (Wildman–Crippen MR) is 110 cm³/mol. The lowest BCUT2D eigenvalue weighted by atomic mass is 10.2. The third-order valence-electron chi connectivity index (χ3n) is 3.75. The quantitative estimate of drug-likeness (QED) is 0.559. The van der Waals surface area contributed by atoms with Crippen molar-refractivity contribution in [2.75, 3.05) is 11.1 Å². The molecule has 146 valence electrons. The smallest absolute Gasteiger partial charge is 0.236 e. The van der Waals surface area contributed by atoms with Gasteiger partial charge in [-0.3, -0.25) is 4.79 Å². The van der Waals surface area contributed by atoms with Gasteiger partial charge in [0.25, 0.3) is 0 Å². The molecule has 0 saturated carbocycles. The van der Waals surface area contributed by atoms with E-state index in [2.05, 4.69) is 20.5 Å². The van der Waals surface area contributed by atoms with Gasteiger partial charge in [0.15, 0.2) is 11.0 Å². The van der Waals surface area contributed by atoms with Crippen LogP contribution in [0.1, 0.15) is 11.4 Å². The van der Waals surface area contributed by atoms with E-state index in [1.165, 1.54) is 18.0 Å². The van der Waals surface area contributed by atoms with Gasteiger partial charge >= 0.3 is 0 Å². The topological polar surface area (TPSA) is 81.9 Å². The van der Waals surface area contributed by atoms with E-state index in [1.54, 1.807) is 28.8 Å². The number of rotatable bonds is 7. The van der Waals surface area contributed by atoms with E-state index < -0.39 is 0 Å². The molecule has 7 nitrogen and oxygen atoms in total. The zero-order valence-electron chi connectivity index (χ0n) is 15.1. The van der Waals surface area contributed by atoms with Crippen molar-refractivity contribution in [1.82, 2.24) is 19.7 Å². The molecular weight excluding hydrogens is 421 g/mol. The maximum Gasteiger partial charge on any atom is 0.236 e. The van der Waals surface area contributed by atoms with E-state index in [0.29, 0.717) is 32.6 Å². The van der Waals surface area contributed by atoms with Crippen LogP contribution in [-0.4, -0.2) is 31.4 Å². The van der Waals surface area contributed by atoms with Crippen LogP contribution >= 0.6 is 35.0 Å². The average molecular weight is 438 g/mol. The summed E-state index contributed by atoms with van der Waals surface area (Å²) in [6.07, 6.45) is 1.47. The number of amides is 1. The first kappa shape index (κ1) is 20.4. The Kier molecular flexibility index (Phi) is 6.77. The normalized spacial score (nSPS) is 10.7. The number of benzene rings is 1. The largest absolute Gasteiger partial charge is 0.486 e. The molecule has 0 atom stereocenters. The Hall–Kier alpha value is -2.29. The number of anilines is 1. The van der Waals surface area contributed by atoms with Gasteiger partial charge in [-0.1, -0.05) is 35.0 Å². The number of carbonyl (C=O) groups excluding carboxylic acids is 1. The summed E-state index contributed by atoms with van der Waals surface area (Å²) < 4.78 is 7.54. The van der Waals surface area contributed by atoms with Crippen molar-refractivity contribution in [2.24, 2.45) is 7.05 Å². The number of thioether (sulfide) groups is 1. The van der Waals surface area contributed by atoms with Crippen LogP contribution in [0.15, 0.2) is 41.7 Å². The molecule has 1 amide bonds. The minimum absolute atomic E-state index is 0.174. The molecule has 3 aromatic rings. The Morgan fingerprint density at radius 2 is 2.07 bits per heavy atom. The van der Waals surface area contributed by atoms with E-state index >= 15 is 0 Å². The van der Waals surface area contributed by atoms with Gasteiger partial charge in [0, 0.05) is 18.3 Å². The molecule has 0 bridgehead atoms. The van der Waals surface area contributed by atoms with Crippen molar-refractivity contribution in [3.05, 3.63) is 58.0 Å². The highest BCUT2D eigenvalue weighted by atomic mass is 35.5. The molecule has 0 unspecified atom stereocenters. The summed E-state index contributed by atoms with van der Waals surface area (Å²) in [7, 11) is 1.83. The third-order valence-corrected chi connectivity index (χ3v) is 5.42. The van der Waals surface area contributed by atoms with Crippen molar-refractivity contribution in [2.45, 2.75) is 18.7 Å². The summed E-state index contributed by atoms with van der Waals surface area (Å²) in [6, 6.07) is 8.76. The predicted octanol–water partition coefficient (Wildman–Crippen LogP) is 4.14. The van der Waals surface area contributed by atoms with Crippen molar-refractivity contribution in [3.8, 4) is 5.75 Å². The van der Waals surface area contributed by atoms with Gasteiger partial charge in [-0.25, -0.2) is 4.98 Å². The minimum atomic E-state index is -0.197. The van der Waals surface area contributed by atoms with E-state index in [4.69, 9.17) is 27.9 Å². The second kappa shape index (κ2) is 9.27. The molecular formula is C18H17Cl2N5O2S. The van der Waals surface area contributed by atoms with E-state index in [0.717, 1.165) is 5.56 Å². The Labute approximate surface area is 176 Å². The van der Waals surface area contributed by atoms with Gasteiger partial charge in [-0.15, -0.1) is 10.2 Å². The molecule has 0 saturated heterocycles. The molecule has 1 aromatic carbocycles. The standard InChI is InChI=1S/C18H17Cl2N5O2S/c1-11-7-13(4-5-14(11)20)27-9-16-23-24-18(25(16)2)28-10-17(26)22-15-6-3-12(19)8-21-15/h3-8H,9-10H2,1-2H3,(H,21,22,26). The van der Waals surface area contributed by atoms with Crippen LogP contribution in [0.4, 0.5) is 5.82 Å². The van der Waals surface area contributed by atoms with Crippen LogP contribution in [-0.2, 0) is 18.4 Å². The second-order valence-corrected chi connectivity index (χ2v) is 7.64. The fourth-order valence-corrected chi connectivity index (χ4v) is 3.17. The Bertz CT molecular complexity index is 979. The minimum Gasteiger partial charge on any atom is -0.486 e. The number of aryl methyl sites for hydroxylation is 1. The molecule has 2 heterocycles. The Morgan fingerprint density at radius 1 is 1.25 bits per heavy atom. The number of aromatic nitrogens is 4. The number of carbonyl (C=O) groups is 1. The monoisotopic (exact) mass is 437 g/mol. The van der Waals surface area contributed by atoms with Gasteiger partial charge in [0.1, 0.15) is 18.2 Å². The molecule has 28 heavy (non-hydrogen) atoms. The van der Waals surface area contributed by atoms with E-state index in [-0.39, 0.29) is 18.3 Å². The summed E-state index contributed by atoms with van der Waals surface area (Å²) in [5, 5.41) is 12.8. The van der Waals surface area contributed by atoms with Crippen molar-refractivity contribution >= 4 is 46.7 Å². The van der Waals surface area contributed by atoms with Gasteiger partial charge < -0.3 is 14.6 Å². The lowest BCUT2D eigenvalue weighted by Gasteiger charge is -2.08. The summed E-state index contributed by atoms with van der Waals surface area (Å²) in [4.78, 5) is 16.1.